The standard InChI is InChI=1S/C30H37F5N4O14/c1-10-14(22(45)23(46)17(32)18(10)41)24-27(48,49)25(38-7-5-37(6-8-38)12(3)40)28(50,51)30(52,53)39(24)26(47)36(4)11(2)15-19(42)13(9-31)20(43)16(21(15)44)29(33,34)35/h11,24-25,41-46,48-53H,5-9H2,1-4H3. The summed E-state index contributed by atoms with van der Waals surface area (Å²) < 4.78 is 70.1. The Hall–Kier alpha value is -4.65. The summed E-state index contributed by atoms with van der Waals surface area (Å²) in [5.74, 6) is -25.5. The largest absolute Gasteiger partial charge is 0.507 e. The molecule has 0 aromatic heterocycles. The number of benzene rings is 2. The fourth-order valence-corrected chi connectivity index (χ4v) is 6.83. The number of urea groups is 1. The van der Waals surface area contributed by atoms with Crippen LogP contribution in [0.4, 0.5) is 26.7 Å². The van der Waals surface area contributed by atoms with Crippen molar-refractivity contribution in [2.45, 2.75) is 69.2 Å². The number of carbonyl (C=O) groups excluding carboxylic acids is 2. The maximum atomic E-state index is 14.6. The monoisotopic (exact) mass is 772 g/mol. The summed E-state index contributed by atoms with van der Waals surface area (Å²) >= 11 is 0. The summed E-state index contributed by atoms with van der Waals surface area (Å²) in [4.78, 5) is 27.8. The molecule has 2 aromatic carbocycles. The van der Waals surface area contributed by atoms with Crippen molar-refractivity contribution in [3.63, 3.8) is 0 Å². The number of piperidine rings is 1. The molecule has 2 aliphatic rings. The summed E-state index contributed by atoms with van der Waals surface area (Å²) in [6.07, 6.45) is -5.61. The van der Waals surface area contributed by atoms with Crippen LogP contribution < -0.4 is 0 Å². The first-order valence-electron chi connectivity index (χ1n) is 15.4. The average Bonchev–Trinajstić information content (AvgIpc) is 3.04. The number of piperazine rings is 1. The number of phenolic OH excluding ortho intramolecular Hbond substituents is 6. The smallest absolute Gasteiger partial charge is 0.423 e. The van der Waals surface area contributed by atoms with E-state index >= 15 is 0 Å². The van der Waals surface area contributed by atoms with Crippen molar-refractivity contribution in [3.8, 4) is 34.5 Å². The predicted molar refractivity (Wildman–Crippen MR) is 163 cm³/mol. The van der Waals surface area contributed by atoms with Gasteiger partial charge in [-0.3, -0.25) is 14.6 Å². The third kappa shape index (κ3) is 6.10. The van der Waals surface area contributed by atoms with Crippen LogP contribution in [0.3, 0.4) is 0 Å². The van der Waals surface area contributed by atoms with Crippen LogP contribution in [0.15, 0.2) is 0 Å². The van der Waals surface area contributed by atoms with Gasteiger partial charge in [-0.2, -0.15) is 17.6 Å². The maximum Gasteiger partial charge on any atom is 0.423 e. The summed E-state index contributed by atoms with van der Waals surface area (Å²) in [6, 6.07) is -10.1. The van der Waals surface area contributed by atoms with Crippen molar-refractivity contribution in [2.75, 3.05) is 33.2 Å². The van der Waals surface area contributed by atoms with Gasteiger partial charge in [0.25, 0.3) is 5.79 Å². The van der Waals surface area contributed by atoms with E-state index in [1.165, 1.54) is 11.8 Å². The lowest BCUT2D eigenvalue weighted by Gasteiger charge is -2.61. The normalized spacial score (nSPS) is 22.1. The van der Waals surface area contributed by atoms with Gasteiger partial charge < -0.3 is 71.1 Å². The Bertz CT molecular complexity index is 1790. The number of rotatable bonds is 5. The minimum atomic E-state index is -5.61. The minimum Gasteiger partial charge on any atom is -0.507 e. The van der Waals surface area contributed by atoms with Gasteiger partial charge in [-0.05, 0) is 13.8 Å². The van der Waals surface area contributed by atoms with Gasteiger partial charge in [0.1, 0.15) is 41.6 Å². The molecule has 2 aromatic rings. The number of carbonyl (C=O) groups is 2. The number of phenols is 6. The molecule has 12 N–H and O–H groups in total. The third-order valence-corrected chi connectivity index (χ3v) is 9.81. The maximum absolute atomic E-state index is 14.6. The van der Waals surface area contributed by atoms with E-state index in [2.05, 4.69) is 0 Å². The van der Waals surface area contributed by atoms with Crippen molar-refractivity contribution in [2.24, 2.45) is 0 Å². The number of nitrogens with zero attached hydrogens (tertiary/aromatic N) is 4. The van der Waals surface area contributed by atoms with Crippen molar-refractivity contribution in [1.82, 2.24) is 19.6 Å². The molecule has 0 aliphatic carbocycles. The number of alkyl halides is 4. The molecule has 0 bridgehead atoms. The summed E-state index contributed by atoms with van der Waals surface area (Å²) in [5, 5.41) is 132. The number of amides is 3. The Morgan fingerprint density at radius 2 is 1.40 bits per heavy atom. The van der Waals surface area contributed by atoms with E-state index in [1.807, 2.05) is 0 Å². The second-order valence-electron chi connectivity index (χ2n) is 12.8. The number of hydrogen-bond acceptors (Lipinski definition) is 15. The quantitative estimate of drug-likeness (QED) is 0.0794. The Balaban J connectivity index is 2.01. The molecule has 4 rings (SSSR count). The van der Waals surface area contributed by atoms with Gasteiger partial charge in [0.05, 0.1) is 17.2 Å². The lowest BCUT2D eigenvalue weighted by Crippen LogP contribution is -2.85. The van der Waals surface area contributed by atoms with Gasteiger partial charge in [-0.1, -0.05) is 0 Å². The topological polar surface area (TPSA) is 290 Å². The number of hydrogen-bond donors (Lipinski definition) is 12. The van der Waals surface area contributed by atoms with E-state index in [-0.39, 0.29) is 18.0 Å². The highest BCUT2D eigenvalue weighted by Gasteiger charge is 2.75. The number of aromatic hydroxyl groups is 6. The highest BCUT2D eigenvalue weighted by molar-refractivity contribution is 5.78. The summed E-state index contributed by atoms with van der Waals surface area (Å²) in [6.45, 7) is -0.597. The second kappa shape index (κ2) is 13.3. The Labute approximate surface area is 295 Å². The highest BCUT2D eigenvalue weighted by Crippen LogP contribution is 2.56. The van der Waals surface area contributed by atoms with Crippen LogP contribution in [0.1, 0.15) is 53.7 Å². The lowest BCUT2D eigenvalue weighted by atomic mass is 9.77. The predicted octanol–water partition coefficient (Wildman–Crippen LogP) is -0.441. The fraction of sp³-hybridized carbons (Fsp3) is 0.533. The zero-order chi connectivity index (χ0) is 40.7. The molecule has 2 heterocycles. The Morgan fingerprint density at radius 3 is 1.87 bits per heavy atom. The fourth-order valence-electron chi connectivity index (χ4n) is 6.83. The third-order valence-electron chi connectivity index (χ3n) is 9.81. The van der Waals surface area contributed by atoms with Crippen LogP contribution in [0.25, 0.3) is 0 Å². The molecule has 2 saturated heterocycles. The van der Waals surface area contributed by atoms with Crippen molar-refractivity contribution < 1.29 is 92.8 Å². The summed E-state index contributed by atoms with van der Waals surface area (Å²) in [7, 11) is 0.612. The number of aliphatic hydroxyl groups is 6. The van der Waals surface area contributed by atoms with E-state index in [0.717, 1.165) is 18.7 Å². The first kappa shape index (κ1) is 41.1. The number of likely N-dealkylation sites (tertiary alicyclic amines) is 1. The van der Waals surface area contributed by atoms with E-state index in [4.69, 9.17) is 0 Å². The molecule has 3 atom stereocenters. The molecule has 2 aliphatic heterocycles. The summed E-state index contributed by atoms with van der Waals surface area (Å²) in [5.41, 5.74) is -7.16. The first-order chi connectivity index (χ1) is 24.1. The Morgan fingerprint density at radius 1 is 0.868 bits per heavy atom. The van der Waals surface area contributed by atoms with Crippen LogP contribution in [0, 0.1) is 12.7 Å². The van der Waals surface area contributed by atoms with E-state index in [9.17, 15) is 92.8 Å². The Kier molecular flexibility index (Phi) is 10.3. The van der Waals surface area contributed by atoms with Crippen LogP contribution in [-0.2, 0) is 17.6 Å². The van der Waals surface area contributed by atoms with E-state index in [1.54, 1.807) is 0 Å². The number of halogens is 5. The van der Waals surface area contributed by atoms with E-state index in [0.29, 0.717) is 7.05 Å². The highest BCUT2D eigenvalue weighted by atomic mass is 19.4. The van der Waals surface area contributed by atoms with Crippen LogP contribution in [0.5, 0.6) is 34.5 Å². The van der Waals surface area contributed by atoms with Crippen LogP contribution >= 0.6 is 0 Å². The van der Waals surface area contributed by atoms with Gasteiger partial charge in [-0.15, -0.1) is 0 Å². The molecule has 23 heteroatoms. The van der Waals surface area contributed by atoms with Crippen LogP contribution in [0.2, 0.25) is 0 Å². The molecule has 296 valence electrons. The molecular formula is C30H37F5N4O14. The molecule has 0 radical (unpaired) electrons. The van der Waals surface area contributed by atoms with Gasteiger partial charge >= 0.3 is 18.1 Å². The van der Waals surface area contributed by atoms with Crippen molar-refractivity contribution in [1.29, 1.82) is 0 Å². The first-order valence-corrected chi connectivity index (χ1v) is 15.4. The molecule has 3 amide bonds. The van der Waals surface area contributed by atoms with E-state index < -0.39 is 147 Å². The van der Waals surface area contributed by atoms with Crippen molar-refractivity contribution >= 4 is 11.9 Å². The zero-order valence-corrected chi connectivity index (χ0v) is 28.1. The average molecular weight is 773 g/mol. The van der Waals surface area contributed by atoms with Gasteiger partial charge in [0, 0.05) is 51.3 Å². The van der Waals surface area contributed by atoms with Gasteiger partial charge in [0.15, 0.2) is 17.2 Å². The van der Waals surface area contributed by atoms with Gasteiger partial charge in [-0.25, -0.2) is 9.18 Å². The van der Waals surface area contributed by atoms with Gasteiger partial charge in [0.2, 0.25) is 17.5 Å². The van der Waals surface area contributed by atoms with Crippen molar-refractivity contribution in [3.05, 3.63) is 33.6 Å². The molecule has 0 saturated carbocycles. The zero-order valence-electron chi connectivity index (χ0n) is 28.1. The van der Waals surface area contributed by atoms with Crippen LogP contribution in [-0.4, -0.2) is 150 Å². The SMILES string of the molecule is CC(=O)N1CCN(C2C(O)(O)C(c3c(C)c(O)c(F)c(O)c3O)N(C(=O)N(C)C(C)c3c(O)c(CF)c(O)c(C(F)(F)F)c3O)C(O)(O)C2(O)O)CC1. The molecule has 2 fully saturated rings. The minimum absolute atomic E-state index is 0.121. The molecule has 0 spiro atoms. The molecule has 53 heavy (non-hydrogen) atoms. The molecule has 3 unspecified atom stereocenters. The molecular weight excluding hydrogens is 735 g/mol. The molecule has 18 nitrogen and oxygen atoms in total. The second-order valence-corrected chi connectivity index (χ2v) is 12.8. The lowest BCUT2D eigenvalue weighted by molar-refractivity contribution is -0.482.